The van der Waals surface area contributed by atoms with Gasteiger partial charge in [-0.1, -0.05) is 23.4 Å². The van der Waals surface area contributed by atoms with Crippen LogP contribution in [0.15, 0.2) is 18.2 Å². The molecule has 1 aromatic carbocycles. The molecule has 2 N–H and O–H groups in total. The van der Waals surface area contributed by atoms with E-state index >= 15 is 0 Å². The quantitative estimate of drug-likeness (QED) is 0.728. The number of benzene rings is 1. The second-order valence-electron chi connectivity index (χ2n) is 6.10. The molecule has 138 valence electrons. The second kappa shape index (κ2) is 6.40. The molecular weight excluding hydrogens is 373 g/mol. The molecule has 9 heteroatoms. The molecule has 0 unspecified atom stereocenters. The van der Waals surface area contributed by atoms with Crippen molar-refractivity contribution < 1.29 is 27.5 Å². The topological polar surface area (TPSA) is 67.4 Å². The summed E-state index contributed by atoms with van der Waals surface area (Å²) in [6, 6.07) is 1.73. The van der Waals surface area contributed by atoms with Gasteiger partial charge in [-0.3, -0.25) is 4.79 Å². The maximum Gasteiger partial charge on any atom is 0.411 e. The molecule has 1 fully saturated rings. The Kier molecular flexibility index (Phi) is 4.53. The summed E-state index contributed by atoms with van der Waals surface area (Å²) in [5.74, 6) is 3.67. The van der Waals surface area contributed by atoms with E-state index in [1.54, 1.807) is 0 Å². The van der Waals surface area contributed by atoms with Gasteiger partial charge in [0, 0.05) is 22.2 Å². The van der Waals surface area contributed by atoms with Crippen LogP contribution >= 0.6 is 11.6 Å². The highest BCUT2D eigenvalue weighted by atomic mass is 35.5. The monoisotopic (exact) mass is 386 g/mol. The van der Waals surface area contributed by atoms with Crippen molar-refractivity contribution in [1.29, 1.82) is 0 Å². The standard InChI is InChI=1S/C17H14ClF3N2O3/c1-26-15(25)23-13-14(24)22-12-5-4-10(18)8-11(12)16(13,17(19,20)21)7-6-9-2-3-9/h4-5,8-9,13H,2-3H2,1H3,(H,22,24)(H,23,25)/t13-,16+/m0/s1. The Morgan fingerprint density at radius 1 is 1.42 bits per heavy atom. The van der Waals surface area contributed by atoms with Crippen molar-refractivity contribution in [2.45, 2.75) is 30.5 Å². The summed E-state index contributed by atoms with van der Waals surface area (Å²) in [4.78, 5) is 24.0. The lowest BCUT2D eigenvalue weighted by atomic mass is 9.70. The Bertz CT molecular complexity index is 827. The van der Waals surface area contributed by atoms with Gasteiger partial charge in [0.15, 0.2) is 5.41 Å². The molecule has 1 aliphatic carbocycles. The van der Waals surface area contributed by atoms with Crippen molar-refractivity contribution in [2.75, 3.05) is 12.4 Å². The van der Waals surface area contributed by atoms with Crippen LogP contribution in [0.4, 0.5) is 23.7 Å². The van der Waals surface area contributed by atoms with Crippen LogP contribution in [0, 0.1) is 17.8 Å². The molecule has 0 radical (unpaired) electrons. The molecule has 0 spiro atoms. The lowest BCUT2D eigenvalue weighted by Crippen LogP contribution is -2.64. The van der Waals surface area contributed by atoms with Crippen LogP contribution in [0.5, 0.6) is 0 Å². The van der Waals surface area contributed by atoms with Crippen LogP contribution in [0.25, 0.3) is 0 Å². The molecule has 0 aromatic heterocycles. The van der Waals surface area contributed by atoms with Gasteiger partial charge in [0.25, 0.3) is 0 Å². The van der Waals surface area contributed by atoms with Gasteiger partial charge in [-0.15, -0.1) is 0 Å². The van der Waals surface area contributed by atoms with Crippen molar-refractivity contribution >= 4 is 29.3 Å². The van der Waals surface area contributed by atoms with Gasteiger partial charge in [0.05, 0.1) is 7.11 Å². The number of halogens is 4. The molecule has 1 saturated carbocycles. The maximum atomic E-state index is 14.3. The average molecular weight is 387 g/mol. The van der Waals surface area contributed by atoms with Crippen LogP contribution in [-0.2, 0) is 14.9 Å². The molecule has 0 bridgehead atoms. The van der Waals surface area contributed by atoms with E-state index < -0.39 is 29.6 Å². The Labute approximate surface area is 152 Å². The zero-order chi connectivity index (χ0) is 19.1. The van der Waals surface area contributed by atoms with E-state index in [0.29, 0.717) is 12.8 Å². The molecule has 1 aliphatic heterocycles. The summed E-state index contributed by atoms with van der Waals surface area (Å²) < 4.78 is 47.4. The number of nitrogens with one attached hydrogen (secondary N) is 2. The molecule has 1 heterocycles. The number of hydrogen-bond donors (Lipinski definition) is 2. The van der Waals surface area contributed by atoms with Crippen LogP contribution in [0.2, 0.25) is 5.02 Å². The average Bonchev–Trinajstić information content (AvgIpc) is 3.38. The van der Waals surface area contributed by atoms with Crippen LogP contribution < -0.4 is 10.6 Å². The van der Waals surface area contributed by atoms with Crippen LogP contribution in [0.3, 0.4) is 0 Å². The summed E-state index contributed by atoms with van der Waals surface area (Å²) in [7, 11) is 0.992. The molecule has 1 aromatic rings. The van der Waals surface area contributed by atoms with Crippen molar-refractivity contribution in [3.8, 4) is 11.8 Å². The Hall–Kier alpha value is -2.40. The van der Waals surface area contributed by atoms with E-state index in [4.69, 9.17) is 11.6 Å². The summed E-state index contributed by atoms with van der Waals surface area (Å²) in [6.45, 7) is 0. The number of amides is 2. The molecule has 3 rings (SSSR count). The fourth-order valence-electron chi connectivity index (χ4n) is 2.83. The number of anilines is 1. The van der Waals surface area contributed by atoms with E-state index in [1.807, 2.05) is 5.32 Å². The smallest absolute Gasteiger partial charge is 0.411 e. The number of carbonyl (C=O) groups excluding carboxylic acids is 2. The van der Waals surface area contributed by atoms with Gasteiger partial charge in [-0.25, -0.2) is 4.79 Å². The summed E-state index contributed by atoms with van der Waals surface area (Å²) in [5.41, 5.74) is -3.30. The van der Waals surface area contributed by atoms with Crippen LogP contribution in [-0.4, -0.2) is 31.3 Å². The number of ether oxygens (including phenoxy) is 1. The first-order valence-corrected chi connectivity index (χ1v) is 8.11. The van der Waals surface area contributed by atoms with Gasteiger partial charge in [-0.2, -0.15) is 13.2 Å². The van der Waals surface area contributed by atoms with Crippen molar-refractivity contribution in [3.63, 3.8) is 0 Å². The lowest BCUT2D eigenvalue weighted by molar-refractivity contribution is -0.183. The SMILES string of the molecule is COC(=O)N[C@H]1C(=O)Nc2ccc(Cl)cc2[C@@]1(C#CC1CC1)C(F)(F)F. The Morgan fingerprint density at radius 2 is 2.12 bits per heavy atom. The van der Waals surface area contributed by atoms with Gasteiger partial charge in [0.2, 0.25) is 5.91 Å². The minimum Gasteiger partial charge on any atom is -0.453 e. The first-order chi connectivity index (χ1) is 12.2. The number of carbonyl (C=O) groups is 2. The number of methoxy groups -OCH3 is 1. The van der Waals surface area contributed by atoms with Crippen molar-refractivity contribution in [3.05, 3.63) is 28.8 Å². The Morgan fingerprint density at radius 3 is 2.69 bits per heavy atom. The summed E-state index contributed by atoms with van der Waals surface area (Å²) in [5, 5.41) is 4.40. The normalized spacial score (nSPS) is 24.7. The number of rotatable bonds is 1. The zero-order valence-corrected chi connectivity index (χ0v) is 14.3. The van der Waals surface area contributed by atoms with Gasteiger partial charge < -0.3 is 15.4 Å². The second-order valence-corrected chi connectivity index (χ2v) is 6.53. The third kappa shape index (κ3) is 3.07. The highest BCUT2D eigenvalue weighted by Crippen LogP contribution is 2.49. The number of fused-ring (bicyclic) bond motifs is 1. The van der Waals surface area contributed by atoms with Gasteiger partial charge in [-0.05, 0) is 31.0 Å². The predicted octanol–water partition coefficient (Wildman–Crippen LogP) is 3.23. The highest BCUT2D eigenvalue weighted by molar-refractivity contribution is 6.30. The largest absolute Gasteiger partial charge is 0.453 e. The zero-order valence-electron chi connectivity index (χ0n) is 13.5. The van der Waals surface area contributed by atoms with Gasteiger partial charge in [0.1, 0.15) is 6.04 Å². The number of alkyl carbamates (subject to hydrolysis) is 1. The molecule has 0 saturated heterocycles. The minimum absolute atomic E-state index is 0.0512. The number of alkyl halides is 3. The molecule has 2 atom stereocenters. The summed E-state index contributed by atoms with van der Waals surface area (Å²) >= 11 is 5.91. The van der Waals surface area contributed by atoms with Gasteiger partial charge >= 0.3 is 12.3 Å². The molecule has 2 amide bonds. The number of hydrogen-bond acceptors (Lipinski definition) is 3. The van der Waals surface area contributed by atoms with E-state index in [0.717, 1.165) is 13.2 Å². The lowest BCUT2D eigenvalue weighted by Gasteiger charge is -2.42. The molecule has 5 nitrogen and oxygen atoms in total. The third-order valence-corrected chi connectivity index (χ3v) is 4.54. The van der Waals surface area contributed by atoms with E-state index in [9.17, 15) is 22.8 Å². The van der Waals surface area contributed by atoms with E-state index in [2.05, 4.69) is 21.9 Å². The van der Waals surface area contributed by atoms with E-state index in [1.165, 1.54) is 12.1 Å². The predicted molar refractivity (Wildman–Crippen MR) is 87.6 cm³/mol. The first kappa shape index (κ1) is 18.4. The maximum absolute atomic E-state index is 14.3. The Balaban J connectivity index is 2.27. The highest BCUT2D eigenvalue weighted by Gasteiger charge is 2.65. The molecule has 26 heavy (non-hydrogen) atoms. The fourth-order valence-corrected chi connectivity index (χ4v) is 3.00. The molecule has 2 aliphatic rings. The first-order valence-electron chi connectivity index (χ1n) is 7.74. The minimum atomic E-state index is -4.96. The van der Waals surface area contributed by atoms with Crippen molar-refractivity contribution in [1.82, 2.24) is 5.32 Å². The summed E-state index contributed by atoms with van der Waals surface area (Å²) in [6.07, 6.45) is -4.73. The fraction of sp³-hybridized carbons (Fsp3) is 0.412. The third-order valence-electron chi connectivity index (χ3n) is 4.31. The van der Waals surface area contributed by atoms with E-state index in [-0.39, 0.29) is 22.2 Å². The van der Waals surface area contributed by atoms with Crippen molar-refractivity contribution in [2.24, 2.45) is 5.92 Å². The molecular formula is C17H14ClF3N2O3. The van der Waals surface area contributed by atoms with Crippen LogP contribution in [0.1, 0.15) is 18.4 Å².